The van der Waals surface area contributed by atoms with Gasteiger partial charge in [-0.25, -0.2) is 9.78 Å². The van der Waals surface area contributed by atoms with Gasteiger partial charge in [0.25, 0.3) is 0 Å². The Kier molecular flexibility index (Phi) is 6.54. The standard InChI is InChI=1S/C12H20ClN3O2S/c1-5-6-16(8-7-15(2)3)12-14-10(13)9(19-12)11(17)18-4/h5-8H2,1-4H3. The zero-order valence-corrected chi connectivity index (χ0v) is 13.3. The maximum atomic E-state index is 11.5. The van der Waals surface area contributed by atoms with Gasteiger partial charge in [0.1, 0.15) is 0 Å². The number of halogens is 1. The van der Waals surface area contributed by atoms with Crippen LogP contribution in [-0.2, 0) is 4.74 Å². The van der Waals surface area contributed by atoms with Crippen LogP contribution >= 0.6 is 22.9 Å². The molecule has 1 aromatic heterocycles. The minimum atomic E-state index is -0.433. The Hall–Kier alpha value is -0.850. The third kappa shape index (κ3) is 4.63. The Morgan fingerprint density at radius 1 is 1.37 bits per heavy atom. The van der Waals surface area contributed by atoms with Crippen LogP contribution in [0.15, 0.2) is 0 Å². The molecule has 1 rings (SSSR count). The first-order valence-electron chi connectivity index (χ1n) is 6.13. The van der Waals surface area contributed by atoms with Crippen LogP contribution < -0.4 is 4.90 Å². The summed E-state index contributed by atoms with van der Waals surface area (Å²) >= 11 is 7.27. The lowest BCUT2D eigenvalue weighted by Gasteiger charge is -2.22. The quantitative estimate of drug-likeness (QED) is 0.724. The fourth-order valence-corrected chi connectivity index (χ4v) is 2.79. The first kappa shape index (κ1) is 16.2. The Morgan fingerprint density at radius 3 is 2.58 bits per heavy atom. The van der Waals surface area contributed by atoms with Crippen molar-refractivity contribution in [3.05, 3.63) is 10.0 Å². The minimum Gasteiger partial charge on any atom is -0.465 e. The molecular weight excluding hydrogens is 286 g/mol. The second-order valence-corrected chi connectivity index (χ2v) is 5.73. The number of anilines is 1. The summed E-state index contributed by atoms with van der Waals surface area (Å²) in [5.74, 6) is -0.433. The van der Waals surface area contributed by atoms with Gasteiger partial charge in [-0.05, 0) is 20.5 Å². The zero-order chi connectivity index (χ0) is 14.4. The van der Waals surface area contributed by atoms with Crippen molar-refractivity contribution >= 4 is 34.0 Å². The highest BCUT2D eigenvalue weighted by Gasteiger charge is 2.20. The Balaban J connectivity index is 2.87. The molecule has 1 heterocycles. The van der Waals surface area contributed by atoms with E-state index in [9.17, 15) is 4.79 Å². The van der Waals surface area contributed by atoms with Gasteiger partial charge < -0.3 is 14.5 Å². The average molecular weight is 306 g/mol. The summed E-state index contributed by atoms with van der Waals surface area (Å²) in [6, 6.07) is 0. The first-order chi connectivity index (χ1) is 8.99. The van der Waals surface area contributed by atoms with Crippen molar-refractivity contribution < 1.29 is 9.53 Å². The van der Waals surface area contributed by atoms with Gasteiger partial charge >= 0.3 is 5.97 Å². The van der Waals surface area contributed by atoms with E-state index in [0.29, 0.717) is 4.88 Å². The Bertz CT molecular complexity index is 423. The summed E-state index contributed by atoms with van der Waals surface area (Å²) in [7, 11) is 5.39. The highest BCUT2D eigenvalue weighted by Crippen LogP contribution is 2.30. The molecule has 108 valence electrons. The molecule has 19 heavy (non-hydrogen) atoms. The SMILES string of the molecule is CCCN(CCN(C)C)c1nc(Cl)c(C(=O)OC)s1. The molecule has 0 unspecified atom stereocenters. The third-order valence-corrected chi connectivity index (χ3v) is 4.01. The Labute approximate surface area is 123 Å². The molecule has 0 aliphatic carbocycles. The van der Waals surface area contributed by atoms with Crippen LogP contribution in [0.5, 0.6) is 0 Å². The van der Waals surface area contributed by atoms with Gasteiger partial charge in [-0.2, -0.15) is 0 Å². The molecule has 1 aromatic rings. The van der Waals surface area contributed by atoms with Crippen molar-refractivity contribution in [2.24, 2.45) is 0 Å². The number of aromatic nitrogens is 1. The summed E-state index contributed by atoms with van der Waals surface area (Å²) in [6.45, 7) is 4.77. The third-order valence-electron chi connectivity index (χ3n) is 2.53. The van der Waals surface area contributed by atoms with E-state index in [1.165, 1.54) is 18.4 Å². The fourth-order valence-electron chi connectivity index (χ4n) is 1.54. The van der Waals surface area contributed by atoms with Crippen molar-refractivity contribution in [2.45, 2.75) is 13.3 Å². The molecule has 0 aromatic carbocycles. The highest BCUT2D eigenvalue weighted by atomic mass is 35.5. The molecule has 0 saturated carbocycles. The van der Waals surface area contributed by atoms with E-state index < -0.39 is 5.97 Å². The number of hydrogen-bond donors (Lipinski definition) is 0. The predicted molar refractivity (Wildman–Crippen MR) is 79.5 cm³/mol. The number of nitrogens with zero attached hydrogens (tertiary/aromatic N) is 3. The molecule has 0 aliphatic rings. The monoisotopic (exact) mass is 305 g/mol. The predicted octanol–water partition coefficient (Wildman–Crippen LogP) is 2.36. The van der Waals surface area contributed by atoms with E-state index in [1.807, 2.05) is 14.1 Å². The van der Waals surface area contributed by atoms with E-state index in [-0.39, 0.29) is 5.15 Å². The number of carbonyl (C=O) groups is 1. The van der Waals surface area contributed by atoms with Gasteiger partial charge in [-0.1, -0.05) is 29.9 Å². The van der Waals surface area contributed by atoms with Crippen LogP contribution in [0.3, 0.4) is 0 Å². The molecule has 0 saturated heterocycles. The van der Waals surface area contributed by atoms with E-state index in [4.69, 9.17) is 11.6 Å². The van der Waals surface area contributed by atoms with E-state index >= 15 is 0 Å². The zero-order valence-electron chi connectivity index (χ0n) is 11.8. The number of hydrogen-bond acceptors (Lipinski definition) is 6. The van der Waals surface area contributed by atoms with Gasteiger partial charge in [0.05, 0.1) is 7.11 Å². The van der Waals surface area contributed by atoms with Crippen LogP contribution in [0.25, 0.3) is 0 Å². The molecule has 7 heteroatoms. The van der Waals surface area contributed by atoms with Crippen molar-refractivity contribution in [1.29, 1.82) is 0 Å². The number of rotatable bonds is 7. The number of likely N-dealkylation sites (N-methyl/N-ethyl adjacent to an activating group) is 1. The first-order valence-corrected chi connectivity index (χ1v) is 7.33. The average Bonchev–Trinajstić information content (AvgIpc) is 2.75. The molecule has 0 spiro atoms. The Morgan fingerprint density at radius 2 is 2.05 bits per heavy atom. The molecule has 0 atom stereocenters. The highest BCUT2D eigenvalue weighted by molar-refractivity contribution is 7.18. The molecule has 5 nitrogen and oxygen atoms in total. The molecule has 0 N–H and O–H groups in total. The molecule has 0 amide bonds. The minimum absolute atomic E-state index is 0.220. The molecule has 0 radical (unpaired) electrons. The lowest BCUT2D eigenvalue weighted by atomic mass is 10.4. The maximum absolute atomic E-state index is 11.5. The molecule has 0 aliphatic heterocycles. The summed E-state index contributed by atoms with van der Waals surface area (Å²) in [4.78, 5) is 20.4. The summed E-state index contributed by atoms with van der Waals surface area (Å²) < 4.78 is 4.69. The molecule has 0 fully saturated rings. The van der Waals surface area contributed by atoms with Crippen LogP contribution in [0.4, 0.5) is 5.13 Å². The normalized spacial score (nSPS) is 10.8. The van der Waals surface area contributed by atoms with Crippen molar-refractivity contribution in [3.63, 3.8) is 0 Å². The van der Waals surface area contributed by atoms with Gasteiger partial charge in [-0.15, -0.1) is 0 Å². The van der Waals surface area contributed by atoms with Gasteiger partial charge in [0, 0.05) is 19.6 Å². The second kappa shape index (κ2) is 7.67. The summed E-state index contributed by atoms with van der Waals surface area (Å²) in [5, 5.41) is 0.993. The maximum Gasteiger partial charge on any atom is 0.351 e. The van der Waals surface area contributed by atoms with Crippen molar-refractivity contribution in [3.8, 4) is 0 Å². The van der Waals surface area contributed by atoms with Gasteiger partial charge in [-0.3, -0.25) is 0 Å². The van der Waals surface area contributed by atoms with Crippen LogP contribution in [0.2, 0.25) is 5.15 Å². The molecular formula is C12H20ClN3O2S. The van der Waals surface area contributed by atoms with Crippen molar-refractivity contribution in [2.75, 3.05) is 45.7 Å². The smallest absolute Gasteiger partial charge is 0.351 e. The van der Waals surface area contributed by atoms with E-state index in [2.05, 4.69) is 26.4 Å². The van der Waals surface area contributed by atoms with Gasteiger partial charge in [0.15, 0.2) is 15.2 Å². The van der Waals surface area contributed by atoms with Crippen molar-refractivity contribution in [1.82, 2.24) is 9.88 Å². The van der Waals surface area contributed by atoms with E-state index in [1.54, 1.807) is 0 Å². The van der Waals surface area contributed by atoms with Gasteiger partial charge in [0.2, 0.25) is 0 Å². The second-order valence-electron chi connectivity index (χ2n) is 4.40. The fraction of sp³-hybridized carbons (Fsp3) is 0.667. The largest absolute Gasteiger partial charge is 0.465 e. The number of esters is 1. The lowest BCUT2D eigenvalue weighted by molar-refractivity contribution is 0.0606. The number of methoxy groups -OCH3 is 1. The van der Waals surface area contributed by atoms with Crippen LogP contribution in [-0.4, -0.2) is 56.7 Å². The number of carbonyl (C=O) groups excluding carboxylic acids is 1. The lowest BCUT2D eigenvalue weighted by Crippen LogP contribution is -2.32. The van der Waals surface area contributed by atoms with Crippen LogP contribution in [0, 0.1) is 0 Å². The number of ether oxygens (including phenoxy) is 1. The topological polar surface area (TPSA) is 45.7 Å². The molecule has 0 bridgehead atoms. The van der Waals surface area contributed by atoms with E-state index in [0.717, 1.165) is 31.2 Å². The summed E-state index contributed by atoms with van der Waals surface area (Å²) in [6.07, 6.45) is 1.01. The van der Waals surface area contributed by atoms with Crippen LogP contribution in [0.1, 0.15) is 23.0 Å². The summed E-state index contributed by atoms with van der Waals surface area (Å²) in [5.41, 5.74) is 0. The number of thiazole rings is 1.